The van der Waals surface area contributed by atoms with Gasteiger partial charge in [0.05, 0.1) is 22.6 Å². The quantitative estimate of drug-likeness (QED) is 0.176. The second-order valence-corrected chi connectivity index (χ2v) is 11.5. The zero-order chi connectivity index (χ0) is 30.1. The molecule has 1 fully saturated rings. The van der Waals surface area contributed by atoms with E-state index in [1.54, 1.807) is 25.3 Å². The average molecular weight is 636 g/mol. The van der Waals surface area contributed by atoms with Gasteiger partial charge in [0.15, 0.2) is 5.75 Å². The SMILES string of the molecule is COCCOc1ccc(Cl)c(CN(C(=O)C(CN)Cc2ccc(OCCOc3c(Cl)cc(C)cc3Cl)cc2)C2CC2)c1. The molecule has 3 aromatic carbocycles. The molecule has 1 atom stereocenters. The Hall–Kier alpha value is -2.68. The first-order valence-corrected chi connectivity index (χ1v) is 15.1. The van der Waals surface area contributed by atoms with Gasteiger partial charge in [-0.1, -0.05) is 46.9 Å². The summed E-state index contributed by atoms with van der Waals surface area (Å²) < 4.78 is 22.3. The van der Waals surface area contributed by atoms with E-state index in [0.29, 0.717) is 65.1 Å². The molecule has 0 radical (unpaired) electrons. The van der Waals surface area contributed by atoms with Gasteiger partial charge < -0.3 is 29.6 Å². The zero-order valence-corrected chi connectivity index (χ0v) is 26.2. The largest absolute Gasteiger partial charge is 0.491 e. The Bertz CT molecular complexity index is 1310. The van der Waals surface area contributed by atoms with Gasteiger partial charge in [0.2, 0.25) is 5.91 Å². The van der Waals surface area contributed by atoms with Gasteiger partial charge in [-0.15, -0.1) is 0 Å². The van der Waals surface area contributed by atoms with Crippen LogP contribution in [0.2, 0.25) is 15.1 Å². The number of carbonyl (C=O) groups excluding carboxylic acids is 1. The van der Waals surface area contributed by atoms with E-state index >= 15 is 0 Å². The fourth-order valence-corrected chi connectivity index (χ4v) is 5.48. The number of hydrogen-bond donors (Lipinski definition) is 1. The predicted octanol–water partition coefficient (Wildman–Crippen LogP) is 6.75. The molecule has 0 saturated heterocycles. The van der Waals surface area contributed by atoms with Gasteiger partial charge in [0.1, 0.15) is 31.3 Å². The van der Waals surface area contributed by atoms with Crippen LogP contribution in [-0.4, -0.2) is 56.9 Å². The molecule has 0 aromatic heterocycles. The van der Waals surface area contributed by atoms with Crippen molar-refractivity contribution in [1.29, 1.82) is 0 Å². The van der Waals surface area contributed by atoms with Crippen molar-refractivity contribution >= 4 is 40.7 Å². The van der Waals surface area contributed by atoms with Crippen LogP contribution in [0.5, 0.6) is 17.2 Å². The summed E-state index contributed by atoms with van der Waals surface area (Å²) in [7, 11) is 1.63. The molecule has 0 aliphatic heterocycles. The Labute approximate surface area is 262 Å². The highest BCUT2D eigenvalue weighted by molar-refractivity contribution is 6.37. The van der Waals surface area contributed by atoms with E-state index in [1.807, 2.05) is 48.2 Å². The minimum absolute atomic E-state index is 0.0349. The Balaban J connectivity index is 1.32. The molecule has 1 amide bonds. The molecule has 42 heavy (non-hydrogen) atoms. The van der Waals surface area contributed by atoms with E-state index in [-0.39, 0.29) is 31.0 Å². The molecule has 4 rings (SSSR count). The lowest BCUT2D eigenvalue weighted by molar-refractivity contribution is -0.136. The summed E-state index contributed by atoms with van der Waals surface area (Å²) in [5.74, 6) is 1.52. The van der Waals surface area contributed by atoms with Crippen LogP contribution in [0.3, 0.4) is 0 Å². The molecule has 2 N–H and O–H groups in total. The third kappa shape index (κ3) is 9.16. The number of aryl methyl sites for hydroxylation is 1. The smallest absolute Gasteiger partial charge is 0.227 e. The molecule has 1 unspecified atom stereocenters. The first kappa shape index (κ1) is 32.2. The number of rotatable bonds is 16. The van der Waals surface area contributed by atoms with Crippen LogP contribution in [0.15, 0.2) is 54.6 Å². The Morgan fingerprint density at radius 2 is 1.50 bits per heavy atom. The molecule has 1 saturated carbocycles. The molecule has 7 nitrogen and oxygen atoms in total. The van der Waals surface area contributed by atoms with Gasteiger partial charge in [-0.3, -0.25) is 4.79 Å². The molecular formula is C32H37Cl3N2O5. The fourth-order valence-electron chi connectivity index (χ4n) is 4.60. The summed E-state index contributed by atoms with van der Waals surface area (Å²) in [6.07, 6.45) is 2.48. The van der Waals surface area contributed by atoms with Crippen molar-refractivity contribution in [2.24, 2.45) is 11.7 Å². The van der Waals surface area contributed by atoms with Crippen LogP contribution >= 0.6 is 34.8 Å². The Kier molecular flexibility index (Phi) is 12.0. The van der Waals surface area contributed by atoms with Crippen molar-refractivity contribution in [3.8, 4) is 17.2 Å². The van der Waals surface area contributed by atoms with Gasteiger partial charge in [-0.05, 0) is 85.3 Å². The highest BCUT2D eigenvalue weighted by Crippen LogP contribution is 2.34. The topological polar surface area (TPSA) is 83.3 Å². The Morgan fingerprint density at radius 1 is 0.881 bits per heavy atom. The minimum atomic E-state index is -0.352. The van der Waals surface area contributed by atoms with Crippen LogP contribution in [0.4, 0.5) is 0 Å². The number of halogens is 3. The number of carbonyl (C=O) groups is 1. The fraction of sp³-hybridized carbons (Fsp3) is 0.406. The number of benzene rings is 3. The predicted molar refractivity (Wildman–Crippen MR) is 167 cm³/mol. The molecule has 1 aliphatic rings. The van der Waals surface area contributed by atoms with Crippen LogP contribution in [-0.2, 0) is 22.5 Å². The van der Waals surface area contributed by atoms with Crippen molar-refractivity contribution in [3.63, 3.8) is 0 Å². The third-order valence-corrected chi connectivity index (χ3v) is 7.90. The second-order valence-electron chi connectivity index (χ2n) is 10.3. The minimum Gasteiger partial charge on any atom is -0.491 e. The van der Waals surface area contributed by atoms with Crippen molar-refractivity contribution < 1.29 is 23.7 Å². The van der Waals surface area contributed by atoms with Gasteiger partial charge >= 0.3 is 0 Å². The van der Waals surface area contributed by atoms with Crippen LogP contribution < -0.4 is 19.9 Å². The van der Waals surface area contributed by atoms with E-state index < -0.39 is 0 Å². The maximum absolute atomic E-state index is 13.7. The molecule has 3 aromatic rings. The first-order chi connectivity index (χ1) is 20.3. The molecule has 0 bridgehead atoms. The average Bonchev–Trinajstić information content (AvgIpc) is 3.81. The Morgan fingerprint density at radius 3 is 2.14 bits per heavy atom. The van der Waals surface area contributed by atoms with Gasteiger partial charge in [-0.2, -0.15) is 0 Å². The van der Waals surface area contributed by atoms with Crippen LogP contribution in [0, 0.1) is 12.8 Å². The number of amides is 1. The summed E-state index contributed by atoms with van der Waals surface area (Å²) >= 11 is 19.0. The van der Waals surface area contributed by atoms with Gasteiger partial charge in [-0.25, -0.2) is 0 Å². The standard InChI is InChI=1S/C32H37Cl3N2O5/c1-21-15-29(34)31(30(35)16-21)42-14-13-40-26-7-3-22(4-8-26)17-23(19-36)32(38)37(25-5-6-25)20-24-18-27(9-10-28(24)33)41-12-11-39-2/h3-4,7-10,15-16,18,23,25H,5-6,11-14,17,19-20,36H2,1-2H3. The van der Waals surface area contributed by atoms with Crippen molar-refractivity contribution in [1.82, 2.24) is 4.90 Å². The summed E-state index contributed by atoms with van der Waals surface area (Å²) in [5, 5.41) is 1.54. The monoisotopic (exact) mass is 634 g/mol. The number of nitrogens with two attached hydrogens (primary N) is 1. The number of ether oxygens (including phenoxy) is 4. The van der Waals surface area contributed by atoms with Crippen molar-refractivity contribution in [2.75, 3.05) is 40.1 Å². The highest BCUT2D eigenvalue weighted by Gasteiger charge is 2.36. The van der Waals surface area contributed by atoms with Crippen molar-refractivity contribution in [3.05, 3.63) is 86.4 Å². The first-order valence-electron chi connectivity index (χ1n) is 14.0. The lowest BCUT2D eigenvalue weighted by Gasteiger charge is -2.28. The second kappa shape index (κ2) is 15.7. The van der Waals surface area contributed by atoms with E-state index in [0.717, 1.165) is 29.5 Å². The maximum atomic E-state index is 13.7. The lowest BCUT2D eigenvalue weighted by atomic mass is 9.97. The van der Waals surface area contributed by atoms with E-state index in [4.69, 9.17) is 59.5 Å². The number of methoxy groups -OCH3 is 1. The molecule has 226 valence electrons. The molecule has 1 aliphatic carbocycles. The van der Waals surface area contributed by atoms with E-state index in [2.05, 4.69) is 0 Å². The third-order valence-electron chi connectivity index (χ3n) is 6.97. The van der Waals surface area contributed by atoms with Gasteiger partial charge in [0.25, 0.3) is 0 Å². The summed E-state index contributed by atoms with van der Waals surface area (Å²) in [6.45, 7) is 4.11. The molecule has 10 heteroatoms. The molecular weight excluding hydrogens is 599 g/mol. The van der Waals surface area contributed by atoms with Gasteiger partial charge in [0, 0.05) is 31.3 Å². The zero-order valence-electron chi connectivity index (χ0n) is 23.9. The normalized spacial score (nSPS) is 13.5. The van der Waals surface area contributed by atoms with E-state index in [1.165, 1.54) is 0 Å². The number of hydrogen-bond acceptors (Lipinski definition) is 6. The van der Waals surface area contributed by atoms with Crippen molar-refractivity contribution in [2.45, 2.75) is 38.8 Å². The summed E-state index contributed by atoms with van der Waals surface area (Å²) in [6, 6.07) is 17.0. The molecule has 0 spiro atoms. The summed E-state index contributed by atoms with van der Waals surface area (Å²) in [4.78, 5) is 15.6. The number of nitrogens with zero attached hydrogens (tertiary/aromatic N) is 1. The van der Waals surface area contributed by atoms with Crippen LogP contribution in [0.25, 0.3) is 0 Å². The molecule has 0 heterocycles. The lowest BCUT2D eigenvalue weighted by Crippen LogP contribution is -2.41. The van der Waals surface area contributed by atoms with Crippen LogP contribution in [0.1, 0.15) is 29.5 Å². The summed E-state index contributed by atoms with van der Waals surface area (Å²) in [5.41, 5.74) is 8.93. The highest BCUT2D eigenvalue weighted by atomic mass is 35.5. The maximum Gasteiger partial charge on any atom is 0.227 e. The van der Waals surface area contributed by atoms with E-state index in [9.17, 15) is 4.79 Å².